The van der Waals surface area contributed by atoms with E-state index in [-0.39, 0.29) is 41.1 Å². The molecule has 3 N–H and O–H groups in total. The molecule has 0 saturated carbocycles. The Balaban J connectivity index is 1.54. The molecular formula is C24H24FN5O3. The van der Waals surface area contributed by atoms with Crippen molar-refractivity contribution in [3.63, 3.8) is 0 Å². The lowest BCUT2D eigenvalue weighted by Gasteiger charge is -2.23. The number of hydrogen-bond donors (Lipinski definition) is 2. The van der Waals surface area contributed by atoms with E-state index >= 15 is 4.39 Å². The average Bonchev–Trinajstić information content (AvgIpc) is 3.18. The first-order valence-corrected chi connectivity index (χ1v) is 10.6. The van der Waals surface area contributed by atoms with Crippen molar-refractivity contribution in [3.8, 4) is 23.1 Å². The maximum Gasteiger partial charge on any atom is 0.255 e. The second-order valence-electron chi connectivity index (χ2n) is 7.71. The molecule has 0 aliphatic carbocycles. The van der Waals surface area contributed by atoms with Crippen molar-refractivity contribution in [3.05, 3.63) is 65.0 Å². The standard InChI is InChI=1S/C24H24FN5O3/c1-32-21-5-3-2-4-18(21)24(31)28-14-15-6-7-17(20(25)12-15)22-19(13-26)23(27)30(29-22)16-8-10-33-11-9-16/h2-7,12,16H,8-11,14,27H2,1H3,(H,28,31). The molecule has 0 radical (unpaired) electrons. The second-order valence-corrected chi connectivity index (χ2v) is 7.71. The average molecular weight is 449 g/mol. The molecule has 1 aliphatic rings. The highest BCUT2D eigenvalue weighted by Crippen LogP contribution is 2.33. The molecule has 0 atom stereocenters. The SMILES string of the molecule is COc1ccccc1C(=O)NCc1ccc(-c2nn(C3CCOCC3)c(N)c2C#N)c(F)c1. The molecule has 2 aromatic carbocycles. The first-order valence-electron chi connectivity index (χ1n) is 10.6. The van der Waals surface area contributed by atoms with Crippen LogP contribution < -0.4 is 15.8 Å². The molecule has 1 saturated heterocycles. The van der Waals surface area contributed by atoms with Gasteiger partial charge < -0.3 is 20.5 Å². The van der Waals surface area contributed by atoms with Crippen LogP contribution in [0.15, 0.2) is 42.5 Å². The Kier molecular flexibility index (Phi) is 6.56. The molecule has 1 aliphatic heterocycles. The van der Waals surface area contributed by atoms with Gasteiger partial charge in [-0.2, -0.15) is 10.4 Å². The predicted octanol–water partition coefficient (Wildman–Crippen LogP) is 3.43. The number of aromatic nitrogens is 2. The molecule has 8 nitrogen and oxygen atoms in total. The number of hydrogen-bond acceptors (Lipinski definition) is 6. The molecule has 1 amide bonds. The van der Waals surface area contributed by atoms with Gasteiger partial charge in [-0.3, -0.25) is 4.79 Å². The maximum atomic E-state index is 15.0. The van der Waals surface area contributed by atoms with Crippen LogP contribution in [0.3, 0.4) is 0 Å². The molecule has 2 heterocycles. The first kappa shape index (κ1) is 22.3. The van der Waals surface area contributed by atoms with E-state index in [0.717, 1.165) is 12.8 Å². The summed E-state index contributed by atoms with van der Waals surface area (Å²) in [5.74, 6) is -0.191. The molecule has 170 valence electrons. The van der Waals surface area contributed by atoms with Crippen LogP contribution in [0.5, 0.6) is 5.75 Å². The van der Waals surface area contributed by atoms with Crippen molar-refractivity contribution >= 4 is 11.7 Å². The zero-order valence-corrected chi connectivity index (χ0v) is 18.2. The second kappa shape index (κ2) is 9.71. The largest absolute Gasteiger partial charge is 0.496 e. The van der Waals surface area contributed by atoms with Gasteiger partial charge in [-0.15, -0.1) is 0 Å². The van der Waals surface area contributed by atoms with Crippen molar-refractivity contribution in [2.75, 3.05) is 26.1 Å². The highest BCUT2D eigenvalue weighted by Gasteiger charge is 2.25. The van der Waals surface area contributed by atoms with E-state index in [1.807, 2.05) is 0 Å². The highest BCUT2D eigenvalue weighted by atomic mass is 19.1. The zero-order chi connectivity index (χ0) is 23.4. The fourth-order valence-corrected chi connectivity index (χ4v) is 3.92. The normalized spacial score (nSPS) is 14.0. The van der Waals surface area contributed by atoms with Crippen LogP contribution in [0.2, 0.25) is 0 Å². The van der Waals surface area contributed by atoms with E-state index in [2.05, 4.69) is 16.5 Å². The van der Waals surface area contributed by atoms with Crippen LogP contribution in [0.1, 0.15) is 40.4 Å². The van der Waals surface area contributed by atoms with E-state index in [0.29, 0.717) is 30.1 Å². The Morgan fingerprint density at radius 2 is 2.09 bits per heavy atom. The van der Waals surface area contributed by atoms with Gasteiger partial charge in [0.25, 0.3) is 5.91 Å². The number of rotatable bonds is 6. The quantitative estimate of drug-likeness (QED) is 0.596. The number of nitrogens with zero attached hydrogens (tertiary/aromatic N) is 3. The zero-order valence-electron chi connectivity index (χ0n) is 18.2. The molecule has 33 heavy (non-hydrogen) atoms. The number of nitrogens with one attached hydrogen (secondary N) is 1. The van der Waals surface area contributed by atoms with Gasteiger partial charge in [0.05, 0.1) is 18.7 Å². The fourth-order valence-electron chi connectivity index (χ4n) is 3.92. The third-order valence-electron chi connectivity index (χ3n) is 5.69. The van der Waals surface area contributed by atoms with Crippen LogP contribution in [-0.2, 0) is 11.3 Å². The Morgan fingerprint density at radius 3 is 2.79 bits per heavy atom. The van der Waals surface area contributed by atoms with E-state index < -0.39 is 5.82 Å². The van der Waals surface area contributed by atoms with Gasteiger partial charge in [-0.1, -0.05) is 18.2 Å². The lowest BCUT2D eigenvalue weighted by atomic mass is 10.0. The van der Waals surface area contributed by atoms with E-state index in [9.17, 15) is 10.1 Å². The number of nitriles is 1. The topological polar surface area (TPSA) is 115 Å². The number of carbonyl (C=O) groups excluding carboxylic acids is 1. The number of benzene rings is 2. The van der Waals surface area contributed by atoms with Crippen LogP contribution in [0.4, 0.5) is 10.2 Å². The summed E-state index contributed by atoms with van der Waals surface area (Å²) in [5.41, 5.74) is 7.68. The van der Waals surface area contributed by atoms with Gasteiger partial charge in [0.15, 0.2) is 0 Å². The monoisotopic (exact) mass is 449 g/mol. The number of ether oxygens (including phenoxy) is 2. The number of nitrogen functional groups attached to an aromatic ring is 1. The summed E-state index contributed by atoms with van der Waals surface area (Å²) in [7, 11) is 1.49. The number of para-hydroxylation sites is 1. The molecule has 9 heteroatoms. The van der Waals surface area contributed by atoms with Gasteiger partial charge in [0, 0.05) is 25.3 Å². The third-order valence-corrected chi connectivity index (χ3v) is 5.69. The fraction of sp³-hybridized carbons (Fsp3) is 0.292. The lowest BCUT2D eigenvalue weighted by Crippen LogP contribution is -2.23. The number of carbonyl (C=O) groups is 1. The van der Waals surface area contributed by atoms with Crippen molar-refractivity contribution in [1.29, 1.82) is 5.26 Å². The summed E-state index contributed by atoms with van der Waals surface area (Å²) < 4.78 is 27.2. The first-order chi connectivity index (χ1) is 16.0. The molecule has 0 unspecified atom stereocenters. The molecule has 0 spiro atoms. The van der Waals surface area contributed by atoms with Gasteiger partial charge in [0.2, 0.25) is 0 Å². The summed E-state index contributed by atoms with van der Waals surface area (Å²) in [6.07, 6.45) is 1.45. The summed E-state index contributed by atoms with van der Waals surface area (Å²) in [4.78, 5) is 12.5. The van der Waals surface area contributed by atoms with Gasteiger partial charge >= 0.3 is 0 Å². The van der Waals surface area contributed by atoms with Crippen LogP contribution in [0, 0.1) is 17.1 Å². The number of halogens is 1. The Bertz CT molecular complexity index is 1210. The van der Waals surface area contributed by atoms with Crippen molar-refractivity contribution in [1.82, 2.24) is 15.1 Å². The number of amides is 1. The van der Waals surface area contributed by atoms with Crippen molar-refractivity contribution in [2.24, 2.45) is 0 Å². The molecule has 1 aromatic heterocycles. The molecule has 4 rings (SSSR count). The highest BCUT2D eigenvalue weighted by molar-refractivity contribution is 5.96. The van der Waals surface area contributed by atoms with Gasteiger partial charge in [0.1, 0.15) is 34.7 Å². The van der Waals surface area contributed by atoms with Crippen molar-refractivity contribution < 1.29 is 18.7 Å². The minimum atomic E-state index is -0.549. The van der Waals surface area contributed by atoms with Crippen molar-refractivity contribution in [2.45, 2.75) is 25.4 Å². The van der Waals surface area contributed by atoms with Gasteiger partial charge in [-0.05, 0) is 42.7 Å². The van der Waals surface area contributed by atoms with E-state index in [1.165, 1.54) is 13.2 Å². The molecule has 3 aromatic rings. The molecule has 0 bridgehead atoms. The molecular weight excluding hydrogens is 425 g/mol. The summed E-state index contributed by atoms with van der Waals surface area (Å²) in [6, 6.07) is 13.5. The molecule has 1 fully saturated rings. The lowest BCUT2D eigenvalue weighted by molar-refractivity contribution is 0.0669. The Morgan fingerprint density at radius 1 is 1.33 bits per heavy atom. The summed E-state index contributed by atoms with van der Waals surface area (Å²) >= 11 is 0. The van der Waals surface area contributed by atoms with E-state index in [4.69, 9.17) is 15.2 Å². The van der Waals surface area contributed by atoms with Gasteiger partial charge in [-0.25, -0.2) is 9.07 Å². The van der Waals surface area contributed by atoms with E-state index in [1.54, 1.807) is 41.1 Å². The smallest absolute Gasteiger partial charge is 0.255 e. The van der Waals surface area contributed by atoms with Crippen LogP contribution >= 0.6 is 0 Å². The van der Waals surface area contributed by atoms with Crippen LogP contribution in [0.25, 0.3) is 11.3 Å². The number of anilines is 1. The van der Waals surface area contributed by atoms with Crippen LogP contribution in [-0.4, -0.2) is 36.0 Å². The summed E-state index contributed by atoms with van der Waals surface area (Å²) in [5, 5.41) is 16.9. The third kappa shape index (κ3) is 4.52. The maximum absolute atomic E-state index is 15.0. The summed E-state index contributed by atoms with van der Waals surface area (Å²) in [6.45, 7) is 1.30. The predicted molar refractivity (Wildman–Crippen MR) is 120 cm³/mol. The Labute approximate surface area is 190 Å². The number of nitrogens with two attached hydrogens (primary N) is 1. The minimum absolute atomic E-state index is 0.00660. The Hall–Kier alpha value is -3.90. The minimum Gasteiger partial charge on any atom is -0.496 e. The number of methoxy groups -OCH3 is 1.